The lowest BCUT2D eigenvalue weighted by atomic mass is 9.99. The van der Waals surface area contributed by atoms with Crippen LogP contribution in [0.5, 0.6) is 5.75 Å². The first-order chi connectivity index (χ1) is 11.5. The first-order valence-corrected chi connectivity index (χ1v) is 7.83. The van der Waals surface area contributed by atoms with Gasteiger partial charge in [-0.15, -0.1) is 0 Å². The molecule has 1 amide bonds. The largest absolute Gasteiger partial charge is 0.489 e. The standard InChI is InChI=1S/C19H22N2O2/c1-19(18(20)22)12-11-17(21-19)15-7-9-16(10-8-15)23-13-14-5-3-2-4-6-14/h2-10,17,21H,11-13H2,1H3,(H2,20,22)/t17-,19?/m0/s1/i7D. The van der Waals surface area contributed by atoms with Crippen LogP contribution in [0.25, 0.3) is 0 Å². The second-order valence-corrected chi connectivity index (χ2v) is 6.19. The smallest absolute Gasteiger partial charge is 0.237 e. The zero-order valence-corrected chi connectivity index (χ0v) is 13.2. The normalized spacial score (nSPS) is 24.2. The van der Waals surface area contributed by atoms with Gasteiger partial charge in [0.1, 0.15) is 12.4 Å². The Labute approximate surface area is 138 Å². The van der Waals surface area contributed by atoms with Gasteiger partial charge in [0.05, 0.1) is 6.91 Å². The van der Waals surface area contributed by atoms with Gasteiger partial charge in [-0.2, -0.15) is 0 Å². The summed E-state index contributed by atoms with van der Waals surface area (Å²) in [5.41, 5.74) is 6.72. The molecule has 2 aromatic rings. The molecule has 3 rings (SSSR count). The van der Waals surface area contributed by atoms with Gasteiger partial charge in [-0.1, -0.05) is 42.4 Å². The molecule has 0 bridgehead atoms. The quantitative estimate of drug-likeness (QED) is 0.892. The van der Waals surface area contributed by atoms with Crippen molar-refractivity contribution in [2.24, 2.45) is 5.73 Å². The van der Waals surface area contributed by atoms with Crippen molar-refractivity contribution in [1.82, 2.24) is 5.32 Å². The van der Waals surface area contributed by atoms with E-state index in [1.807, 2.05) is 49.4 Å². The van der Waals surface area contributed by atoms with Crippen molar-refractivity contribution in [1.29, 1.82) is 0 Å². The number of amides is 1. The number of carbonyl (C=O) groups is 1. The zero-order valence-electron chi connectivity index (χ0n) is 14.2. The molecule has 0 aromatic heterocycles. The number of ether oxygens (including phenoxy) is 1. The molecule has 2 aromatic carbocycles. The van der Waals surface area contributed by atoms with E-state index < -0.39 is 5.54 Å². The Balaban J connectivity index is 1.68. The van der Waals surface area contributed by atoms with Crippen LogP contribution in [0.1, 0.15) is 38.3 Å². The summed E-state index contributed by atoms with van der Waals surface area (Å²) in [6.45, 7) is 2.29. The number of nitrogens with one attached hydrogen (secondary N) is 1. The summed E-state index contributed by atoms with van der Waals surface area (Å²) in [5.74, 6) is 0.322. The Morgan fingerprint density at radius 2 is 2.13 bits per heavy atom. The number of hydrogen-bond donors (Lipinski definition) is 2. The van der Waals surface area contributed by atoms with E-state index in [1.54, 1.807) is 6.07 Å². The predicted molar refractivity (Wildman–Crippen MR) is 89.9 cm³/mol. The molecule has 1 heterocycles. The first kappa shape index (κ1) is 14.3. The van der Waals surface area contributed by atoms with Crippen LogP contribution in [0, 0.1) is 0 Å². The molecule has 0 aliphatic carbocycles. The number of benzene rings is 2. The molecule has 1 aliphatic rings. The van der Waals surface area contributed by atoms with Crippen LogP contribution in [0.3, 0.4) is 0 Å². The molecule has 2 atom stereocenters. The molecular weight excluding hydrogens is 288 g/mol. The first-order valence-electron chi connectivity index (χ1n) is 8.33. The van der Waals surface area contributed by atoms with E-state index in [0.717, 1.165) is 17.5 Å². The van der Waals surface area contributed by atoms with Crippen LogP contribution in [0.4, 0.5) is 0 Å². The third kappa shape index (κ3) is 3.54. The Morgan fingerprint density at radius 3 is 2.78 bits per heavy atom. The molecule has 4 heteroatoms. The van der Waals surface area contributed by atoms with Crippen LogP contribution in [-0.4, -0.2) is 11.4 Å². The molecule has 0 spiro atoms. The molecule has 0 radical (unpaired) electrons. The van der Waals surface area contributed by atoms with Gasteiger partial charge in [0.2, 0.25) is 5.91 Å². The lowest BCUT2D eigenvalue weighted by molar-refractivity contribution is -0.123. The van der Waals surface area contributed by atoms with E-state index >= 15 is 0 Å². The second-order valence-electron chi connectivity index (χ2n) is 6.19. The minimum Gasteiger partial charge on any atom is -0.489 e. The van der Waals surface area contributed by atoms with E-state index in [4.69, 9.17) is 11.8 Å². The topological polar surface area (TPSA) is 64.3 Å². The average molecular weight is 311 g/mol. The highest BCUT2D eigenvalue weighted by atomic mass is 16.5. The van der Waals surface area contributed by atoms with Gasteiger partial charge < -0.3 is 10.5 Å². The number of hydrogen-bond acceptors (Lipinski definition) is 3. The number of nitrogens with two attached hydrogens (primary N) is 1. The van der Waals surface area contributed by atoms with Gasteiger partial charge in [-0.3, -0.25) is 10.1 Å². The molecule has 1 saturated heterocycles. The Bertz CT molecular complexity index is 735. The highest BCUT2D eigenvalue weighted by Crippen LogP contribution is 2.33. The summed E-state index contributed by atoms with van der Waals surface area (Å²) in [5, 5.41) is 3.27. The van der Waals surface area contributed by atoms with E-state index in [2.05, 4.69) is 5.32 Å². The third-order valence-corrected chi connectivity index (χ3v) is 4.40. The van der Waals surface area contributed by atoms with Crippen molar-refractivity contribution in [3.05, 3.63) is 65.7 Å². The van der Waals surface area contributed by atoms with Crippen molar-refractivity contribution < 1.29 is 10.9 Å². The van der Waals surface area contributed by atoms with Crippen LogP contribution < -0.4 is 15.8 Å². The van der Waals surface area contributed by atoms with Crippen molar-refractivity contribution in [3.63, 3.8) is 0 Å². The molecule has 1 unspecified atom stereocenters. The highest BCUT2D eigenvalue weighted by molar-refractivity contribution is 5.84. The summed E-state index contributed by atoms with van der Waals surface area (Å²) in [6, 6.07) is 15.8. The fourth-order valence-electron chi connectivity index (χ4n) is 2.86. The second kappa shape index (κ2) is 6.42. The summed E-state index contributed by atoms with van der Waals surface area (Å²) in [6.07, 6.45) is 1.47. The summed E-state index contributed by atoms with van der Waals surface area (Å²) in [7, 11) is 0. The van der Waals surface area contributed by atoms with Crippen LogP contribution in [-0.2, 0) is 11.4 Å². The monoisotopic (exact) mass is 311 g/mol. The number of carbonyl (C=O) groups excluding carboxylic acids is 1. The lowest BCUT2D eigenvalue weighted by Gasteiger charge is -2.22. The minimum absolute atomic E-state index is 0.0295. The maximum Gasteiger partial charge on any atom is 0.237 e. The minimum atomic E-state index is -0.695. The maximum atomic E-state index is 11.6. The number of primary amides is 1. The van der Waals surface area contributed by atoms with E-state index in [-0.39, 0.29) is 11.9 Å². The Hall–Kier alpha value is -2.33. The number of rotatable bonds is 5. The predicted octanol–water partition coefficient (Wildman–Crippen LogP) is 2.93. The molecule has 1 aliphatic heterocycles. The zero-order chi connectivity index (χ0) is 17.2. The molecule has 1 fully saturated rings. The van der Waals surface area contributed by atoms with E-state index in [0.29, 0.717) is 24.8 Å². The maximum absolute atomic E-state index is 11.6. The molecule has 120 valence electrons. The van der Waals surface area contributed by atoms with Gasteiger partial charge in [0.15, 0.2) is 0 Å². The Morgan fingerprint density at radius 1 is 1.35 bits per heavy atom. The summed E-state index contributed by atoms with van der Waals surface area (Å²) < 4.78 is 14.0. The van der Waals surface area contributed by atoms with Crippen molar-refractivity contribution >= 4 is 5.91 Å². The van der Waals surface area contributed by atoms with Gasteiger partial charge in [0, 0.05) is 6.04 Å². The van der Waals surface area contributed by atoms with Crippen LogP contribution in [0.2, 0.25) is 0 Å². The van der Waals surface area contributed by atoms with Gasteiger partial charge in [0.25, 0.3) is 0 Å². The van der Waals surface area contributed by atoms with Gasteiger partial charge in [-0.25, -0.2) is 0 Å². The molecule has 3 N–H and O–H groups in total. The van der Waals surface area contributed by atoms with Gasteiger partial charge in [-0.05, 0) is 43.0 Å². The van der Waals surface area contributed by atoms with Crippen LogP contribution >= 0.6 is 0 Å². The fourth-order valence-corrected chi connectivity index (χ4v) is 2.86. The molecule has 4 nitrogen and oxygen atoms in total. The van der Waals surface area contributed by atoms with Crippen molar-refractivity contribution in [3.8, 4) is 5.75 Å². The van der Waals surface area contributed by atoms with Crippen molar-refractivity contribution in [2.75, 3.05) is 0 Å². The third-order valence-electron chi connectivity index (χ3n) is 4.40. The Kier molecular flexibility index (Phi) is 3.99. The average Bonchev–Trinajstić information content (AvgIpc) is 2.97. The lowest BCUT2D eigenvalue weighted by Crippen LogP contribution is -2.49. The molecule has 0 saturated carbocycles. The van der Waals surface area contributed by atoms with Gasteiger partial charge >= 0.3 is 0 Å². The highest BCUT2D eigenvalue weighted by Gasteiger charge is 2.39. The summed E-state index contributed by atoms with van der Waals surface area (Å²) in [4.78, 5) is 11.6. The molecule has 23 heavy (non-hydrogen) atoms. The van der Waals surface area contributed by atoms with E-state index in [9.17, 15) is 4.79 Å². The molecular formula is C19H22N2O2. The van der Waals surface area contributed by atoms with Crippen molar-refractivity contribution in [2.45, 2.75) is 38.0 Å². The fraction of sp³-hybridized carbons (Fsp3) is 0.316. The van der Waals surface area contributed by atoms with E-state index in [1.165, 1.54) is 0 Å². The summed E-state index contributed by atoms with van der Waals surface area (Å²) >= 11 is 0. The van der Waals surface area contributed by atoms with Crippen LogP contribution in [0.15, 0.2) is 54.6 Å². The SMILES string of the molecule is [2H]c1cc(OCc2ccccc2)ccc1[C@@H]1CCC(C)(C(N)=O)N1.